The van der Waals surface area contributed by atoms with Gasteiger partial charge in [-0.05, 0) is 6.92 Å². The summed E-state index contributed by atoms with van der Waals surface area (Å²) in [6.45, 7) is 7.91. The highest BCUT2D eigenvalue weighted by Crippen LogP contribution is 2.18. The Bertz CT molecular complexity index is 396. The Morgan fingerprint density at radius 2 is 2.21 bits per heavy atom. The molecule has 0 aromatic carbocycles. The molecule has 2 heterocycles. The third kappa shape index (κ3) is 3.89. The number of rotatable bonds is 5. The predicted molar refractivity (Wildman–Crippen MR) is 69.9 cm³/mol. The standard InChI is InChI=1S/C12H22N4O3/c1-8(2)13-4-11-14-15-12(19-11)16-5-9(3)18-10(6-16)7-17/h8-10,13,17H,4-7H2,1-3H3. The fourth-order valence-electron chi connectivity index (χ4n) is 2.04. The molecule has 0 saturated carbocycles. The normalized spacial score (nSPS) is 24.2. The van der Waals surface area contributed by atoms with E-state index in [1.807, 2.05) is 11.8 Å². The second kappa shape index (κ2) is 6.31. The first kappa shape index (κ1) is 14.2. The zero-order chi connectivity index (χ0) is 13.8. The maximum atomic E-state index is 9.20. The zero-order valence-electron chi connectivity index (χ0n) is 11.7. The van der Waals surface area contributed by atoms with Crippen LogP contribution in [-0.4, -0.2) is 53.3 Å². The van der Waals surface area contributed by atoms with Gasteiger partial charge in [0.2, 0.25) is 5.89 Å². The van der Waals surface area contributed by atoms with E-state index >= 15 is 0 Å². The Kier molecular flexibility index (Phi) is 4.73. The molecule has 108 valence electrons. The molecule has 1 aliphatic rings. The number of morpholine rings is 1. The molecule has 1 aromatic rings. The highest BCUT2D eigenvalue weighted by molar-refractivity contribution is 5.25. The van der Waals surface area contributed by atoms with Crippen molar-refractivity contribution in [1.82, 2.24) is 15.5 Å². The molecule has 7 nitrogen and oxygen atoms in total. The molecule has 1 saturated heterocycles. The van der Waals surface area contributed by atoms with E-state index in [1.54, 1.807) is 0 Å². The van der Waals surface area contributed by atoms with Gasteiger partial charge in [0, 0.05) is 12.6 Å². The first-order valence-electron chi connectivity index (χ1n) is 6.65. The van der Waals surface area contributed by atoms with Crippen LogP contribution in [0, 0.1) is 0 Å². The van der Waals surface area contributed by atoms with Crippen molar-refractivity contribution < 1.29 is 14.3 Å². The smallest absolute Gasteiger partial charge is 0.318 e. The second-order valence-electron chi connectivity index (χ2n) is 5.17. The van der Waals surface area contributed by atoms with Gasteiger partial charge in [0.15, 0.2) is 0 Å². The number of aliphatic hydroxyl groups excluding tert-OH is 1. The number of hydrogen-bond acceptors (Lipinski definition) is 7. The summed E-state index contributed by atoms with van der Waals surface area (Å²) < 4.78 is 11.2. The summed E-state index contributed by atoms with van der Waals surface area (Å²) in [5.41, 5.74) is 0. The van der Waals surface area contributed by atoms with Crippen LogP contribution >= 0.6 is 0 Å². The molecule has 2 atom stereocenters. The van der Waals surface area contributed by atoms with E-state index in [-0.39, 0.29) is 18.8 Å². The summed E-state index contributed by atoms with van der Waals surface area (Å²) >= 11 is 0. The van der Waals surface area contributed by atoms with Gasteiger partial charge < -0.3 is 24.5 Å². The number of ether oxygens (including phenoxy) is 1. The van der Waals surface area contributed by atoms with Crippen LogP contribution in [0.5, 0.6) is 0 Å². The molecule has 7 heteroatoms. The molecule has 1 fully saturated rings. The van der Waals surface area contributed by atoms with Crippen molar-refractivity contribution in [3.8, 4) is 0 Å². The number of aromatic nitrogens is 2. The van der Waals surface area contributed by atoms with Crippen LogP contribution in [0.3, 0.4) is 0 Å². The van der Waals surface area contributed by atoms with Crippen molar-refractivity contribution in [2.75, 3.05) is 24.6 Å². The molecule has 0 bridgehead atoms. The quantitative estimate of drug-likeness (QED) is 0.788. The average Bonchev–Trinajstić information content (AvgIpc) is 2.84. The van der Waals surface area contributed by atoms with Crippen LogP contribution in [0.15, 0.2) is 4.42 Å². The lowest BCUT2D eigenvalue weighted by Gasteiger charge is -2.34. The molecule has 2 unspecified atom stereocenters. The van der Waals surface area contributed by atoms with E-state index in [2.05, 4.69) is 29.4 Å². The highest BCUT2D eigenvalue weighted by atomic mass is 16.5. The van der Waals surface area contributed by atoms with Crippen LogP contribution in [0.4, 0.5) is 6.01 Å². The van der Waals surface area contributed by atoms with E-state index < -0.39 is 0 Å². The minimum atomic E-state index is -0.201. The van der Waals surface area contributed by atoms with E-state index in [1.165, 1.54) is 0 Å². The van der Waals surface area contributed by atoms with Crippen LogP contribution in [0.1, 0.15) is 26.7 Å². The van der Waals surface area contributed by atoms with Gasteiger partial charge >= 0.3 is 6.01 Å². The molecule has 0 amide bonds. The van der Waals surface area contributed by atoms with Crippen molar-refractivity contribution >= 4 is 6.01 Å². The van der Waals surface area contributed by atoms with Gasteiger partial charge in [-0.1, -0.05) is 18.9 Å². The fraction of sp³-hybridized carbons (Fsp3) is 0.833. The minimum absolute atomic E-state index is 0.00323. The second-order valence-corrected chi connectivity index (χ2v) is 5.17. The zero-order valence-corrected chi connectivity index (χ0v) is 11.7. The molecule has 1 aliphatic heterocycles. The molecule has 19 heavy (non-hydrogen) atoms. The first-order valence-corrected chi connectivity index (χ1v) is 6.65. The SMILES string of the molecule is CC(C)NCc1nnc(N2CC(C)OC(CO)C2)o1. The van der Waals surface area contributed by atoms with Crippen LogP contribution < -0.4 is 10.2 Å². The molecular weight excluding hydrogens is 248 g/mol. The summed E-state index contributed by atoms with van der Waals surface area (Å²) in [6.07, 6.45) is -0.164. The van der Waals surface area contributed by atoms with Crippen molar-refractivity contribution in [3.05, 3.63) is 5.89 Å². The average molecular weight is 270 g/mol. The third-order valence-electron chi connectivity index (χ3n) is 2.92. The maximum Gasteiger partial charge on any atom is 0.318 e. The van der Waals surface area contributed by atoms with E-state index in [4.69, 9.17) is 9.15 Å². The Hall–Kier alpha value is -1.18. The van der Waals surface area contributed by atoms with E-state index in [0.717, 1.165) is 0 Å². The van der Waals surface area contributed by atoms with Crippen molar-refractivity contribution in [1.29, 1.82) is 0 Å². The monoisotopic (exact) mass is 270 g/mol. The summed E-state index contributed by atoms with van der Waals surface area (Å²) in [7, 11) is 0. The Labute approximate surface area is 112 Å². The Morgan fingerprint density at radius 3 is 2.89 bits per heavy atom. The molecule has 0 radical (unpaired) electrons. The predicted octanol–water partition coefficient (Wildman–Crippen LogP) is 0.154. The number of anilines is 1. The van der Waals surface area contributed by atoms with Gasteiger partial charge in [0.1, 0.15) is 0 Å². The highest BCUT2D eigenvalue weighted by Gasteiger charge is 2.27. The molecule has 0 spiro atoms. The molecule has 1 aromatic heterocycles. The van der Waals surface area contributed by atoms with Gasteiger partial charge in [-0.3, -0.25) is 0 Å². The van der Waals surface area contributed by atoms with Crippen LogP contribution in [-0.2, 0) is 11.3 Å². The van der Waals surface area contributed by atoms with Gasteiger partial charge in [0.25, 0.3) is 0 Å². The summed E-state index contributed by atoms with van der Waals surface area (Å²) in [4.78, 5) is 1.96. The van der Waals surface area contributed by atoms with Crippen molar-refractivity contribution in [2.45, 2.75) is 45.6 Å². The van der Waals surface area contributed by atoms with E-state index in [0.29, 0.717) is 37.6 Å². The van der Waals surface area contributed by atoms with Crippen LogP contribution in [0.25, 0.3) is 0 Å². The molecule has 2 rings (SSSR count). The van der Waals surface area contributed by atoms with Gasteiger partial charge in [0.05, 0.1) is 31.9 Å². The first-order chi connectivity index (χ1) is 9.08. The maximum absolute atomic E-state index is 9.20. The lowest BCUT2D eigenvalue weighted by atomic mass is 10.2. The van der Waals surface area contributed by atoms with E-state index in [9.17, 15) is 5.11 Å². The third-order valence-corrected chi connectivity index (χ3v) is 2.92. The van der Waals surface area contributed by atoms with Gasteiger partial charge in [-0.25, -0.2) is 0 Å². The number of aliphatic hydroxyl groups is 1. The molecule has 2 N–H and O–H groups in total. The van der Waals surface area contributed by atoms with Gasteiger partial charge in [-0.15, -0.1) is 5.10 Å². The Balaban J connectivity index is 1.97. The van der Waals surface area contributed by atoms with Crippen molar-refractivity contribution in [2.24, 2.45) is 0 Å². The van der Waals surface area contributed by atoms with Gasteiger partial charge in [-0.2, -0.15) is 0 Å². The largest absolute Gasteiger partial charge is 0.407 e. The minimum Gasteiger partial charge on any atom is -0.407 e. The number of nitrogens with zero attached hydrogens (tertiary/aromatic N) is 3. The Morgan fingerprint density at radius 1 is 1.42 bits per heavy atom. The van der Waals surface area contributed by atoms with Crippen molar-refractivity contribution in [3.63, 3.8) is 0 Å². The topological polar surface area (TPSA) is 83.7 Å². The lowest BCUT2D eigenvalue weighted by molar-refractivity contribution is -0.0433. The summed E-state index contributed by atoms with van der Waals surface area (Å²) in [5, 5.41) is 20.5. The molecule has 0 aliphatic carbocycles. The summed E-state index contributed by atoms with van der Waals surface area (Å²) in [5.74, 6) is 0.573. The summed E-state index contributed by atoms with van der Waals surface area (Å²) in [6, 6.07) is 0.867. The lowest BCUT2D eigenvalue weighted by Crippen LogP contribution is -2.48. The number of nitrogens with one attached hydrogen (secondary N) is 1. The fourth-order valence-corrected chi connectivity index (χ4v) is 2.04. The van der Waals surface area contributed by atoms with Crippen LogP contribution in [0.2, 0.25) is 0 Å². The number of hydrogen-bond donors (Lipinski definition) is 2. The molecular formula is C12H22N4O3.